The largest absolute Gasteiger partial charge is 0.416 e. The van der Waals surface area contributed by atoms with Crippen molar-refractivity contribution in [3.05, 3.63) is 63.2 Å². The Bertz CT molecular complexity index is 1450. The third-order valence-corrected chi connectivity index (χ3v) is 8.59. The number of tetrazole rings is 1. The van der Waals surface area contributed by atoms with Crippen LogP contribution in [0.3, 0.4) is 0 Å². The van der Waals surface area contributed by atoms with E-state index in [-0.39, 0.29) is 30.2 Å². The zero-order valence-electron chi connectivity index (χ0n) is 23.8. The molecule has 2 aromatic carbocycles. The highest BCUT2D eigenvalue weighted by Gasteiger charge is 2.39. The summed E-state index contributed by atoms with van der Waals surface area (Å²) >= 11 is 0. The van der Waals surface area contributed by atoms with Gasteiger partial charge in [0, 0.05) is 38.0 Å². The van der Waals surface area contributed by atoms with Crippen molar-refractivity contribution in [2.45, 2.75) is 76.8 Å². The Morgan fingerprint density at radius 3 is 2.26 bits per heavy atom. The van der Waals surface area contributed by atoms with Crippen LogP contribution in [0.4, 0.5) is 38.0 Å². The Balaban J connectivity index is 1.49. The zero-order valence-corrected chi connectivity index (χ0v) is 23.8. The van der Waals surface area contributed by atoms with Gasteiger partial charge in [0.2, 0.25) is 0 Å². The monoisotopic (exact) mass is 610 g/mol. The Kier molecular flexibility index (Phi) is 7.78. The molecule has 6 rings (SSSR count). The number of fused-ring (bicyclic) bond motifs is 2. The molecule has 0 aliphatic carbocycles. The topological polar surface area (TPSA) is 68.5 Å². The number of alkyl halides is 6. The number of anilines is 2. The summed E-state index contributed by atoms with van der Waals surface area (Å²) in [5, 5.41) is 12.5. The van der Waals surface area contributed by atoms with Crippen LogP contribution in [0.5, 0.6) is 0 Å². The summed E-state index contributed by atoms with van der Waals surface area (Å²) < 4.78 is 93.9. The van der Waals surface area contributed by atoms with E-state index in [1.54, 1.807) is 11.9 Å². The van der Waals surface area contributed by atoms with E-state index in [1.165, 1.54) is 4.80 Å². The molecule has 1 atom stereocenters. The van der Waals surface area contributed by atoms with Crippen LogP contribution < -0.4 is 9.80 Å². The third-order valence-electron chi connectivity index (χ3n) is 8.59. The number of ether oxygens (including phenoxy) is 2. The summed E-state index contributed by atoms with van der Waals surface area (Å²) in [6.45, 7) is 4.75. The summed E-state index contributed by atoms with van der Waals surface area (Å²) in [6.07, 6.45) is -6.88. The van der Waals surface area contributed by atoms with Crippen LogP contribution >= 0.6 is 0 Å². The maximum absolute atomic E-state index is 13.8. The number of hydrogen-bond donors (Lipinski definition) is 0. The summed E-state index contributed by atoms with van der Waals surface area (Å²) in [7, 11) is 1.56. The van der Waals surface area contributed by atoms with Crippen LogP contribution in [0, 0.1) is 6.92 Å². The van der Waals surface area contributed by atoms with Crippen molar-refractivity contribution in [3.8, 4) is 0 Å². The van der Waals surface area contributed by atoms with Crippen molar-refractivity contribution in [2.24, 2.45) is 7.05 Å². The molecule has 8 nitrogen and oxygen atoms in total. The Morgan fingerprint density at radius 1 is 0.930 bits per heavy atom. The van der Waals surface area contributed by atoms with Gasteiger partial charge in [0.15, 0.2) is 0 Å². The van der Waals surface area contributed by atoms with E-state index < -0.39 is 29.5 Å². The van der Waals surface area contributed by atoms with E-state index in [0.717, 1.165) is 65.9 Å². The molecule has 1 saturated heterocycles. The number of rotatable bonds is 5. The third kappa shape index (κ3) is 5.91. The van der Waals surface area contributed by atoms with Crippen molar-refractivity contribution >= 4 is 11.6 Å². The van der Waals surface area contributed by atoms with Crippen LogP contribution in [0.25, 0.3) is 0 Å². The van der Waals surface area contributed by atoms with E-state index in [4.69, 9.17) is 9.47 Å². The fourth-order valence-electron chi connectivity index (χ4n) is 6.60. The number of nitrogens with zero attached hydrogens (tertiary/aromatic N) is 6. The fraction of sp³-hybridized carbons (Fsp3) is 0.552. The summed E-state index contributed by atoms with van der Waals surface area (Å²) in [4.78, 5) is 5.33. The van der Waals surface area contributed by atoms with Crippen molar-refractivity contribution in [1.82, 2.24) is 20.2 Å². The number of benzene rings is 2. The molecule has 0 amide bonds. The van der Waals surface area contributed by atoms with Crippen molar-refractivity contribution in [3.63, 3.8) is 0 Å². The maximum atomic E-state index is 13.8. The SMILES string of the molecule is Cc1c2c(cc3c1N(C1CCOCC1)CCCC3N(Cc1cc(C(F)(F)F)cc(C(F)(F)F)c1)c1nnn(C)n1)COC2. The maximum Gasteiger partial charge on any atom is 0.416 e. The molecular weight excluding hydrogens is 578 g/mol. The molecule has 0 N–H and O–H groups in total. The first kappa shape index (κ1) is 29.7. The quantitative estimate of drug-likeness (QED) is 0.323. The molecule has 232 valence electrons. The molecule has 3 aromatic rings. The van der Waals surface area contributed by atoms with E-state index in [1.807, 2.05) is 0 Å². The van der Waals surface area contributed by atoms with Gasteiger partial charge in [0.05, 0.1) is 37.4 Å². The van der Waals surface area contributed by atoms with Gasteiger partial charge in [0.1, 0.15) is 0 Å². The molecule has 0 bridgehead atoms. The van der Waals surface area contributed by atoms with E-state index in [2.05, 4.69) is 33.3 Å². The second-order valence-corrected chi connectivity index (χ2v) is 11.4. The predicted molar refractivity (Wildman–Crippen MR) is 144 cm³/mol. The van der Waals surface area contributed by atoms with Crippen LogP contribution in [0.1, 0.15) is 70.7 Å². The molecule has 1 aromatic heterocycles. The minimum absolute atomic E-state index is 0.123. The molecule has 43 heavy (non-hydrogen) atoms. The van der Waals surface area contributed by atoms with Crippen molar-refractivity contribution in [1.29, 1.82) is 0 Å². The van der Waals surface area contributed by atoms with Gasteiger partial charge < -0.3 is 19.3 Å². The average molecular weight is 611 g/mol. The lowest BCUT2D eigenvalue weighted by Crippen LogP contribution is -2.40. The van der Waals surface area contributed by atoms with E-state index in [0.29, 0.717) is 32.8 Å². The van der Waals surface area contributed by atoms with Gasteiger partial charge >= 0.3 is 12.4 Å². The van der Waals surface area contributed by atoms with Crippen LogP contribution in [0.15, 0.2) is 24.3 Å². The molecule has 1 fully saturated rings. The van der Waals surface area contributed by atoms with Crippen molar-refractivity contribution < 1.29 is 35.8 Å². The Hall–Kier alpha value is -3.39. The van der Waals surface area contributed by atoms with Gasteiger partial charge in [-0.3, -0.25) is 0 Å². The highest BCUT2D eigenvalue weighted by molar-refractivity contribution is 5.67. The molecule has 0 radical (unpaired) electrons. The highest BCUT2D eigenvalue weighted by Crippen LogP contribution is 2.46. The Morgan fingerprint density at radius 2 is 1.63 bits per heavy atom. The first-order chi connectivity index (χ1) is 20.4. The summed E-state index contributed by atoms with van der Waals surface area (Å²) in [5.74, 6) is 0.123. The van der Waals surface area contributed by atoms with Gasteiger partial charge in [0.25, 0.3) is 5.95 Å². The lowest BCUT2D eigenvalue weighted by atomic mass is 9.91. The molecule has 1 unspecified atom stereocenters. The average Bonchev–Trinajstić information content (AvgIpc) is 3.57. The number of aromatic nitrogens is 4. The van der Waals surface area contributed by atoms with Crippen LogP contribution in [0.2, 0.25) is 0 Å². The fourth-order valence-corrected chi connectivity index (χ4v) is 6.60. The molecule has 0 spiro atoms. The molecule has 14 heteroatoms. The first-order valence-electron chi connectivity index (χ1n) is 14.3. The second-order valence-electron chi connectivity index (χ2n) is 11.4. The zero-order chi connectivity index (χ0) is 30.5. The van der Waals surface area contributed by atoms with Crippen LogP contribution in [-0.2, 0) is 48.6 Å². The lowest BCUT2D eigenvalue weighted by molar-refractivity contribution is -0.143. The van der Waals surface area contributed by atoms with Crippen LogP contribution in [-0.4, -0.2) is 46.0 Å². The van der Waals surface area contributed by atoms with Gasteiger partial charge in [-0.2, -0.15) is 31.1 Å². The standard InChI is InChI=1S/C29H32F6N6O2/c1-17-24-16-43-15-19(24)12-23-25(4-3-7-40(26(17)23)22-5-8-42-9-6-22)41(27-36-38-39(2)37-27)14-18-10-20(28(30,31)32)13-21(11-18)29(33,34)35/h10-13,22,25H,3-9,14-16H2,1-2H3. The van der Waals surface area contributed by atoms with Gasteiger partial charge in [-0.1, -0.05) is 5.10 Å². The van der Waals surface area contributed by atoms with E-state index in [9.17, 15) is 26.3 Å². The number of halogens is 6. The molecule has 3 aliphatic heterocycles. The summed E-state index contributed by atoms with van der Waals surface area (Å²) in [6, 6.07) is 3.57. The molecular formula is C29H32F6N6O2. The lowest BCUT2D eigenvalue weighted by Gasteiger charge is -2.39. The number of aryl methyl sites for hydroxylation is 1. The molecule has 4 heterocycles. The highest BCUT2D eigenvalue weighted by atomic mass is 19.4. The van der Waals surface area contributed by atoms with Gasteiger partial charge in [-0.15, -0.1) is 5.10 Å². The molecule has 3 aliphatic rings. The number of hydrogen-bond acceptors (Lipinski definition) is 7. The first-order valence-corrected chi connectivity index (χ1v) is 14.3. The van der Waals surface area contributed by atoms with Gasteiger partial charge in [-0.25, -0.2) is 0 Å². The summed E-state index contributed by atoms with van der Waals surface area (Å²) in [5.41, 5.74) is 2.32. The van der Waals surface area contributed by atoms with E-state index >= 15 is 0 Å². The smallest absolute Gasteiger partial charge is 0.381 e. The molecule has 0 saturated carbocycles. The minimum Gasteiger partial charge on any atom is -0.381 e. The Labute approximate surface area is 244 Å². The predicted octanol–water partition coefficient (Wildman–Crippen LogP) is 6.11. The van der Waals surface area contributed by atoms with Gasteiger partial charge in [-0.05, 0) is 89.9 Å². The second kappa shape index (κ2) is 11.3. The van der Waals surface area contributed by atoms with Crippen molar-refractivity contribution in [2.75, 3.05) is 29.6 Å². The normalized spacial score (nSPS) is 19.7. The minimum atomic E-state index is -4.96.